The molecule has 0 unspecified atom stereocenters. The van der Waals surface area contributed by atoms with Crippen LogP contribution in [-0.2, 0) is 16.1 Å². The molecule has 26 heavy (non-hydrogen) atoms. The van der Waals surface area contributed by atoms with E-state index in [1.54, 1.807) is 29.2 Å². The highest BCUT2D eigenvalue weighted by atomic mass is 35.5. The van der Waals surface area contributed by atoms with E-state index in [1.807, 2.05) is 13.0 Å². The van der Waals surface area contributed by atoms with Gasteiger partial charge in [-0.25, -0.2) is 4.79 Å². The first-order valence-electron chi connectivity index (χ1n) is 8.15. The van der Waals surface area contributed by atoms with Crippen molar-refractivity contribution in [1.82, 2.24) is 4.90 Å². The second-order valence-corrected chi connectivity index (χ2v) is 7.35. The number of thiophene rings is 1. The number of fused-ring (bicyclic) bond motifs is 1. The zero-order valence-electron chi connectivity index (χ0n) is 14.2. The van der Waals surface area contributed by atoms with E-state index in [2.05, 4.69) is 0 Å². The predicted molar refractivity (Wildman–Crippen MR) is 98.1 cm³/mol. The minimum atomic E-state index is -0.578. The number of hydrogen-bond donors (Lipinski definition) is 0. The van der Waals surface area contributed by atoms with Crippen molar-refractivity contribution in [2.24, 2.45) is 0 Å². The highest BCUT2D eigenvalue weighted by Gasteiger charge is 2.19. The van der Waals surface area contributed by atoms with E-state index < -0.39 is 5.97 Å². The van der Waals surface area contributed by atoms with Gasteiger partial charge in [0.15, 0.2) is 18.1 Å². The number of esters is 1. The molecular formula is C18H18ClNO5S. The summed E-state index contributed by atoms with van der Waals surface area (Å²) in [6, 6.07) is 8.48. The smallest absolute Gasteiger partial charge is 0.338 e. The lowest BCUT2D eigenvalue weighted by Crippen LogP contribution is -2.33. The van der Waals surface area contributed by atoms with Crippen LogP contribution in [0, 0.1) is 0 Å². The zero-order chi connectivity index (χ0) is 18.5. The molecule has 8 heteroatoms. The summed E-state index contributed by atoms with van der Waals surface area (Å²) in [6.45, 7) is 3.41. The molecule has 0 bridgehead atoms. The van der Waals surface area contributed by atoms with Gasteiger partial charge in [0.05, 0.1) is 16.4 Å². The molecular weight excluding hydrogens is 378 g/mol. The zero-order valence-corrected chi connectivity index (χ0v) is 15.8. The van der Waals surface area contributed by atoms with Gasteiger partial charge in [-0.1, -0.05) is 11.6 Å². The maximum Gasteiger partial charge on any atom is 0.338 e. The summed E-state index contributed by atoms with van der Waals surface area (Å²) in [7, 11) is 0. The Kier molecular flexibility index (Phi) is 6.00. The van der Waals surface area contributed by atoms with Crippen molar-refractivity contribution in [1.29, 1.82) is 0 Å². The van der Waals surface area contributed by atoms with E-state index >= 15 is 0 Å². The van der Waals surface area contributed by atoms with E-state index in [0.717, 1.165) is 4.88 Å². The molecule has 0 radical (unpaired) electrons. The monoisotopic (exact) mass is 395 g/mol. The topological polar surface area (TPSA) is 65.1 Å². The lowest BCUT2D eigenvalue weighted by atomic mass is 10.2. The summed E-state index contributed by atoms with van der Waals surface area (Å²) in [5.74, 6) is 0.255. The van der Waals surface area contributed by atoms with Crippen LogP contribution in [0.15, 0.2) is 30.3 Å². The van der Waals surface area contributed by atoms with Crippen molar-refractivity contribution >= 4 is 34.8 Å². The predicted octanol–water partition coefficient (Wildman–Crippen LogP) is 3.38. The van der Waals surface area contributed by atoms with Crippen LogP contribution >= 0.6 is 22.9 Å². The number of amides is 1. The molecule has 0 N–H and O–H groups in total. The van der Waals surface area contributed by atoms with Crippen molar-refractivity contribution in [3.05, 3.63) is 45.1 Å². The molecule has 0 aliphatic carbocycles. The summed E-state index contributed by atoms with van der Waals surface area (Å²) in [5, 5.41) is 0. The van der Waals surface area contributed by atoms with Crippen LogP contribution in [0.5, 0.6) is 11.5 Å². The molecule has 2 aromatic rings. The Morgan fingerprint density at radius 3 is 2.65 bits per heavy atom. The number of hydrogen-bond acceptors (Lipinski definition) is 6. The van der Waals surface area contributed by atoms with Crippen LogP contribution in [-0.4, -0.2) is 43.1 Å². The van der Waals surface area contributed by atoms with Gasteiger partial charge in [0, 0.05) is 11.4 Å². The lowest BCUT2D eigenvalue weighted by Gasteiger charge is -2.20. The Hall–Kier alpha value is -2.25. The number of benzene rings is 1. The quantitative estimate of drug-likeness (QED) is 0.701. The third-order valence-corrected chi connectivity index (χ3v) is 5.03. The van der Waals surface area contributed by atoms with Crippen molar-refractivity contribution in [2.75, 3.05) is 26.4 Å². The molecule has 0 saturated carbocycles. The van der Waals surface area contributed by atoms with Gasteiger partial charge in [0.2, 0.25) is 0 Å². The molecule has 3 rings (SSSR count). The van der Waals surface area contributed by atoms with Gasteiger partial charge in [-0.05, 0) is 37.3 Å². The fourth-order valence-corrected chi connectivity index (χ4v) is 3.58. The molecule has 1 aromatic heterocycles. The fourth-order valence-electron chi connectivity index (χ4n) is 2.47. The fraction of sp³-hybridized carbons (Fsp3) is 0.333. The summed E-state index contributed by atoms with van der Waals surface area (Å²) in [6.07, 6.45) is 0. The molecule has 0 atom stereocenters. The third kappa shape index (κ3) is 4.47. The second-order valence-electron chi connectivity index (χ2n) is 5.55. The van der Waals surface area contributed by atoms with E-state index in [1.165, 1.54) is 11.3 Å². The first-order valence-corrected chi connectivity index (χ1v) is 9.35. The Morgan fingerprint density at radius 1 is 1.19 bits per heavy atom. The molecule has 0 fully saturated rings. The van der Waals surface area contributed by atoms with Gasteiger partial charge in [-0.15, -0.1) is 11.3 Å². The van der Waals surface area contributed by atoms with Crippen molar-refractivity contribution in [3.63, 3.8) is 0 Å². The highest BCUT2D eigenvalue weighted by molar-refractivity contribution is 7.16. The summed E-state index contributed by atoms with van der Waals surface area (Å²) in [4.78, 5) is 27.1. The van der Waals surface area contributed by atoms with E-state index in [0.29, 0.717) is 47.7 Å². The van der Waals surface area contributed by atoms with E-state index in [4.69, 9.17) is 25.8 Å². The van der Waals surface area contributed by atoms with E-state index in [9.17, 15) is 9.59 Å². The largest absolute Gasteiger partial charge is 0.486 e. The molecule has 2 heterocycles. The Labute approximate surface area is 160 Å². The number of carbonyl (C=O) groups excluding carboxylic acids is 2. The molecule has 1 amide bonds. The molecule has 1 aromatic carbocycles. The van der Waals surface area contributed by atoms with Gasteiger partial charge in [-0.3, -0.25) is 4.79 Å². The van der Waals surface area contributed by atoms with E-state index in [-0.39, 0.29) is 12.5 Å². The van der Waals surface area contributed by atoms with Crippen molar-refractivity contribution in [2.45, 2.75) is 13.5 Å². The summed E-state index contributed by atoms with van der Waals surface area (Å²) < 4.78 is 16.7. The Bertz CT molecular complexity index is 807. The lowest BCUT2D eigenvalue weighted by molar-refractivity contribution is -0.134. The van der Waals surface area contributed by atoms with Gasteiger partial charge < -0.3 is 19.1 Å². The standard InChI is InChI=1S/C18H18ClNO5S/c1-2-20(10-13-4-6-16(19)26-13)17(21)11-25-18(22)12-3-5-14-15(9-12)24-8-7-23-14/h3-6,9H,2,7-8,10-11H2,1H3. The van der Waals surface area contributed by atoms with Gasteiger partial charge in [0.1, 0.15) is 13.2 Å². The maximum atomic E-state index is 12.3. The first-order chi connectivity index (χ1) is 12.6. The highest BCUT2D eigenvalue weighted by Crippen LogP contribution is 2.31. The molecule has 6 nitrogen and oxygen atoms in total. The average molecular weight is 396 g/mol. The second kappa shape index (κ2) is 8.42. The van der Waals surface area contributed by atoms with Crippen LogP contribution in [0.4, 0.5) is 0 Å². The van der Waals surface area contributed by atoms with Crippen molar-refractivity contribution in [3.8, 4) is 11.5 Å². The minimum absolute atomic E-state index is 0.261. The van der Waals surface area contributed by atoms with Gasteiger partial charge in [0.25, 0.3) is 5.91 Å². The van der Waals surface area contributed by atoms with Crippen LogP contribution in [0.2, 0.25) is 4.34 Å². The first kappa shape index (κ1) is 18.5. The molecule has 0 spiro atoms. The molecule has 138 valence electrons. The van der Waals surface area contributed by atoms with Crippen molar-refractivity contribution < 1.29 is 23.8 Å². The minimum Gasteiger partial charge on any atom is -0.486 e. The van der Waals surface area contributed by atoms with Crippen LogP contribution in [0.25, 0.3) is 0 Å². The van der Waals surface area contributed by atoms with Gasteiger partial charge >= 0.3 is 5.97 Å². The normalized spacial score (nSPS) is 12.5. The number of nitrogens with zero attached hydrogens (tertiary/aromatic N) is 1. The Morgan fingerprint density at radius 2 is 1.96 bits per heavy atom. The number of halogens is 1. The summed E-state index contributed by atoms with van der Waals surface area (Å²) >= 11 is 7.34. The Balaban J connectivity index is 1.56. The molecule has 0 saturated heterocycles. The maximum absolute atomic E-state index is 12.3. The average Bonchev–Trinajstić information content (AvgIpc) is 3.08. The third-order valence-electron chi connectivity index (χ3n) is 3.81. The number of rotatable bonds is 6. The number of ether oxygens (including phenoxy) is 3. The number of carbonyl (C=O) groups is 2. The van der Waals surface area contributed by atoms with Crippen LogP contribution in [0.1, 0.15) is 22.2 Å². The van der Waals surface area contributed by atoms with Gasteiger partial charge in [-0.2, -0.15) is 0 Å². The molecule has 1 aliphatic heterocycles. The number of likely N-dealkylation sites (N-methyl/N-ethyl adjacent to an activating group) is 1. The van der Waals surface area contributed by atoms with Crippen LogP contribution in [0.3, 0.4) is 0 Å². The summed E-state index contributed by atoms with van der Waals surface area (Å²) in [5.41, 5.74) is 0.315. The molecule has 1 aliphatic rings. The SMILES string of the molecule is CCN(Cc1ccc(Cl)s1)C(=O)COC(=O)c1ccc2c(c1)OCCO2. The van der Waals surface area contributed by atoms with Crippen LogP contribution < -0.4 is 9.47 Å².